The number of hydrogen-bond donors (Lipinski definition) is 0. The molecule has 0 radical (unpaired) electrons. The van der Waals surface area contributed by atoms with Gasteiger partial charge in [-0.1, -0.05) is 18.1 Å². The first kappa shape index (κ1) is 17.4. The predicted molar refractivity (Wildman–Crippen MR) is 88.5 cm³/mol. The molecule has 0 aliphatic carbocycles. The Morgan fingerprint density at radius 3 is 3.12 bits per heavy atom. The van der Waals surface area contributed by atoms with Crippen LogP contribution in [0.4, 0.5) is 4.39 Å². The summed E-state index contributed by atoms with van der Waals surface area (Å²) in [5.41, 5.74) is 0. The number of aryl methyl sites for hydroxylation is 1. The number of aromatic nitrogens is 2. The molecule has 3 rings (SSSR count). The number of rotatable bonds is 7. The number of carbonyl (C=O) groups excluding carboxylic acids is 1. The summed E-state index contributed by atoms with van der Waals surface area (Å²) in [5.74, 6) is 1.40. The van der Waals surface area contributed by atoms with Gasteiger partial charge in [0.1, 0.15) is 11.6 Å². The maximum Gasteiger partial charge on any atom is 0.226 e. The van der Waals surface area contributed by atoms with Gasteiger partial charge in [0, 0.05) is 25.5 Å². The van der Waals surface area contributed by atoms with Crippen LogP contribution in [0.15, 0.2) is 28.8 Å². The van der Waals surface area contributed by atoms with E-state index in [1.54, 1.807) is 12.1 Å². The molecule has 1 atom stereocenters. The van der Waals surface area contributed by atoms with Gasteiger partial charge in [0.05, 0.1) is 12.6 Å². The first-order chi connectivity index (χ1) is 12.2. The van der Waals surface area contributed by atoms with Crippen LogP contribution < -0.4 is 4.74 Å². The van der Waals surface area contributed by atoms with E-state index in [1.807, 2.05) is 11.8 Å². The van der Waals surface area contributed by atoms with Crippen LogP contribution in [0.25, 0.3) is 0 Å². The van der Waals surface area contributed by atoms with Crippen LogP contribution in [0, 0.1) is 5.82 Å². The normalized spacial score (nSPS) is 17.0. The Morgan fingerprint density at radius 2 is 2.36 bits per heavy atom. The zero-order chi connectivity index (χ0) is 17.6. The Bertz CT molecular complexity index is 719. The number of nitrogens with zero attached hydrogens (tertiary/aromatic N) is 3. The highest BCUT2D eigenvalue weighted by Crippen LogP contribution is 2.30. The monoisotopic (exact) mass is 347 g/mol. The zero-order valence-corrected chi connectivity index (χ0v) is 14.3. The van der Waals surface area contributed by atoms with Gasteiger partial charge < -0.3 is 14.2 Å². The van der Waals surface area contributed by atoms with Crippen molar-refractivity contribution in [2.75, 3.05) is 13.2 Å². The van der Waals surface area contributed by atoms with Crippen LogP contribution in [0.3, 0.4) is 0 Å². The molecule has 0 bridgehead atoms. The average molecular weight is 347 g/mol. The van der Waals surface area contributed by atoms with E-state index in [4.69, 9.17) is 9.26 Å². The molecule has 1 amide bonds. The number of likely N-dealkylation sites (tertiary alicyclic amines) is 1. The van der Waals surface area contributed by atoms with Crippen LogP contribution in [-0.4, -0.2) is 34.1 Å². The minimum absolute atomic E-state index is 0.0631. The maximum absolute atomic E-state index is 13.1. The molecule has 1 aliphatic rings. The molecule has 1 aromatic heterocycles. The molecule has 0 N–H and O–H groups in total. The van der Waals surface area contributed by atoms with E-state index >= 15 is 0 Å². The number of halogens is 1. The van der Waals surface area contributed by atoms with E-state index < -0.39 is 0 Å². The summed E-state index contributed by atoms with van der Waals surface area (Å²) in [7, 11) is 0. The number of carbonyl (C=O) groups is 1. The SMILES string of the molecule is CCc1nc(C2CCCN2C(=O)CCCOc2cccc(F)c2)no1. The summed E-state index contributed by atoms with van der Waals surface area (Å²) in [5, 5.41) is 4.01. The Labute approximate surface area is 146 Å². The molecule has 1 aliphatic heterocycles. The number of ether oxygens (including phenoxy) is 1. The van der Waals surface area contributed by atoms with E-state index in [0.717, 1.165) is 12.8 Å². The van der Waals surface area contributed by atoms with Gasteiger partial charge in [-0.2, -0.15) is 4.98 Å². The highest BCUT2D eigenvalue weighted by molar-refractivity contribution is 5.76. The van der Waals surface area contributed by atoms with E-state index in [0.29, 0.717) is 49.9 Å². The van der Waals surface area contributed by atoms with E-state index in [1.165, 1.54) is 12.1 Å². The fraction of sp³-hybridized carbons (Fsp3) is 0.500. The van der Waals surface area contributed by atoms with Crippen LogP contribution in [0.2, 0.25) is 0 Å². The van der Waals surface area contributed by atoms with Gasteiger partial charge in [0.15, 0.2) is 5.82 Å². The molecule has 0 saturated carbocycles. The average Bonchev–Trinajstić information content (AvgIpc) is 3.27. The van der Waals surface area contributed by atoms with E-state index in [-0.39, 0.29) is 17.8 Å². The lowest BCUT2D eigenvalue weighted by atomic mass is 10.2. The first-order valence-electron chi connectivity index (χ1n) is 8.67. The van der Waals surface area contributed by atoms with E-state index in [9.17, 15) is 9.18 Å². The third-order valence-electron chi connectivity index (χ3n) is 4.26. The molecule has 2 heterocycles. The van der Waals surface area contributed by atoms with Crippen LogP contribution in [-0.2, 0) is 11.2 Å². The van der Waals surface area contributed by atoms with Crippen LogP contribution in [0.5, 0.6) is 5.75 Å². The summed E-state index contributed by atoms with van der Waals surface area (Å²) in [6, 6.07) is 5.90. The number of hydrogen-bond acceptors (Lipinski definition) is 5. The summed E-state index contributed by atoms with van der Waals surface area (Å²) in [6.45, 7) is 3.04. The second kappa shape index (κ2) is 8.09. The molecule has 1 saturated heterocycles. The molecule has 1 unspecified atom stereocenters. The fourth-order valence-electron chi connectivity index (χ4n) is 2.99. The highest BCUT2D eigenvalue weighted by atomic mass is 19.1. The minimum atomic E-state index is -0.333. The molecule has 134 valence electrons. The lowest BCUT2D eigenvalue weighted by Gasteiger charge is -2.22. The van der Waals surface area contributed by atoms with Crippen molar-refractivity contribution in [3.05, 3.63) is 41.8 Å². The molecular weight excluding hydrogens is 325 g/mol. The zero-order valence-electron chi connectivity index (χ0n) is 14.3. The van der Waals surface area contributed by atoms with Gasteiger partial charge in [-0.15, -0.1) is 0 Å². The smallest absolute Gasteiger partial charge is 0.226 e. The lowest BCUT2D eigenvalue weighted by Crippen LogP contribution is -2.31. The van der Waals surface area contributed by atoms with Gasteiger partial charge in [-0.25, -0.2) is 4.39 Å². The van der Waals surface area contributed by atoms with Gasteiger partial charge in [-0.3, -0.25) is 4.79 Å². The summed E-state index contributed by atoms with van der Waals surface area (Å²) < 4.78 is 23.7. The van der Waals surface area contributed by atoms with Crippen LogP contribution in [0.1, 0.15) is 50.4 Å². The molecular formula is C18H22FN3O3. The third-order valence-corrected chi connectivity index (χ3v) is 4.26. The van der Waals surface area contributed by atoms with Crippen molar-refractivity contribution >= 4 is 5.91 Å². The summed E-state index contributed by atoms with van der Waals surface area (Å²) in [4.78, 5) is 18.7. The van der Waals surface area contributed by atoms with Gasteiger partial charge in [0.2, 0.25) is 11.8 Å². The second-order valence-electron chi connectivity index (χ2n) is 6.05. The van der Waals surface area contributed by atoms with Gasteiger partial charge in [-0.05, 0) is 31.4 Å². The van der Waals surface area contributed by atoms with Crippen molar-refractivity contribution in [2.45, 2.75) is 45.1 Å². The van der Waals surface area contributed by atoms with Crippen molar-refractivity contribution in [2.24, 2.45) is 0 Å². The Hall–Kier alpha value is -2.44. The molecule has 6 nitrogen and oxygen atoms in total. The van der Waals surface area contributed by atoms with Gasteiger partial charge >= 0.3 is 0 Å². The largest absolute Gasteiger partial charge is 0.493 e. The Kier molecular flexibility index (Phi) is 5.63. The highest BCUT2D eigenvalue weighted by Gasteiger charge is 2.32. The Morgan fingerprint density at radius 1 is 1.48 bits per heavy atom. The summed E-state index contributed by atoms with van der Waals surface area (Å²) >= 11 is 0. The molecule has 2 aromatic rings. The van der Waals surface area contributed by atoms with Crippen molar-refractivity contribution in [1.29, 1.82) is 0 Å². The summed E-state index contributed by atoms with van der Waals surface area (Å²) in [6.07, 6.45) is 3.43. The van der Waals surface area contributed by atoms with E-state index in [2.05, 4.69) is 10.1 Å². The maximum atomic E-state index is 13.1. The third kappa shape index (κ3) is 4.35. The second-order valence-corrected chi connectivity index (χ2v) is 6.05. The first-order valence-corrected chi connectivity index (χ1v) is 8.67. The van der Waals surface area contributed by atoms with Crippen molar-refractivity contribution in [3.8, 4) is 5.75 Å². The van der Waals surface area contributed by atoms with Crippen molar-refractivity contribution < 1.29 is 18.4 Å². The van der Waals surface area contributed by atoms with Crippen molar-refractivity contribution in [3.63, 3.8) is 0 Å². The molecule has 1 aromatic carbocycles. The molecule has 1 fully saturated rings. The topological polar surface area (TPSA) is 68.5 Å². The van der Waals surface area contributed by atoms with Crippen LogP contribution >= 0.6 is 0 Å². The minimum Gasteiger partial charge on any atom is -0.493 e. The Balaban J connectivity index is 1.48. The standard InChI is InChI=1S/C18H22FN3O3/c1-2-16-20-18(21-25-16)15-8-4-10-22(15)17(23)9-5-11-24-14-7-3-6-13(19)12-14/h3,6-7,12,15H,2,4-5,8-11H2,1H3. The number of benzene rings is 1. The molecule has 25 heavy (non-hydrogen) atoms. The predicted octanol–water partition coefficient (Wildman–Crippen LogP) is 3.29. The number of amides is 1. The van der Waals surface area contributed by atoms with Gasteiger partial charge in [0.25, 0.3) is 0 Å². The lowest BCUT2D eigenvalue weighted by molar-refractivity contribution is -0.132. The molecule has 7 heteroatoms. The fourth-order valence-corrected chi connectivity index (χ4v) is 2.99. The van der Waals surface area contributed by atoms with Crippen molar-refractivity contribution in [1.82, 2.24) is 15.0 Å². The molecule has 0 spiro atoms. The quantitative estimate of drug-likeness (QED) is 0.719.